The molecule has 212 valence electrons. The fraction of sp³-hybridized carbons (Fsp3) is 0.375. The van der Waals surface area contributed by atoms with Gasteiger partial charge in [-0.25, -0.2) is 8.42 Å². The lowest BCUT2D eigenvalue weighted by atomic mass is 10.1. The number of benzene rings is 3. The van der Waals surface area contributed by atoms with Crippen LogP contribution < -0.4 is 9.62 Å². The molecule has 3 aromatic rings. The van der Waals surface area contributed by atoms with Gasteiger partial charge in [0.25, 0.3) is 10.0 Å². The number of aryl methyl sites for hydroxylation is 2. The lowest BCUT2D eigenvalue weighted by molar-refractivity contribution is -0.139. The first kappa shape index (κ1) is 29.3. The Kier molecular flexibility index (Phi) is 9.63. The number of sulfonamides is 1. The fourth-order valence-corrected chi connectivity index (χ4v) is 6.52. The number of hydrogen-bond donors (Lipinski definition) is 1. The molecule has 1 aliphatic rings. The predicted molar refractivity (Wildman–Crippen MR) is 159 cm³/mol. The molecule has 0 spiro atoms. The number of amides is 2. The van der Waals surface area contributed by atoms with Crippen molar-refractivity contribution < 1.29 is 18.0 Å². The average Bonchev–Trinajstić information content (AvgIpc) is 3.47. The van der Waals surface area contributed by atoms with E-state index in [4.69, 9.17) is 0 Å². The molecular formula is C32H39N3O4S. The van der Waals surface area contributed by atoms with Crippen molar-refractivity contribution in [2.24, 2.45) is 0 Å². The zero-order valence-electron chi connectivity index (χ0n) is 23.5. The molecule has 1 atom stereocenters. The molecule has 0 saturated heterocycles. The number of nitrogens with one attached hydrogen (secondary N) is 1. The smallest absolute Gasteiger partial charge is 0.264 e. The molecule has 7 nitrogen and oxygen atoms in total. The first-order valence-electron chi connectivity index (χ1n) is 14.0. The van der Waals surface area contributed by atoms with Gasteiger partial charge in [0.2, 0.25) is 11.8 Å². The molecule has 0 radical (unpaired) electrons. The van der Waals surface area contributed by atoms with E-state index in [1.54, 1.807) is 37.3 Å². The number of carbonyl (C=O) groups is 2. The minimum absolute atomic E-state index is 0.101. The van der Waals surface area contributed by atoms with Crippen LogP contribution in [0.2, 0.25) is 0 Å². The number of anilines is 1. The average molecular weight is 562 g/mol. The Morgan fingerprint density at radius 1 is 0.900 bits per heavy atom. The third-order valence-electron chi connectivity index (χ3n) is 7.74. The van der Waals surface area contributed by atoms with Gasteiger partial charge in [-0.05, 0) is 81.0 Å². The van der Waals surface area contributed by atoms with E-state index < -0.39 is 28.5 Å². The van der Waals surface area contributed by atoms with Crippen molar-refractivity contribution in [3.63, 3.8) is 0 Å². The molecule has 1 saturated carbocycles. The fourth-order valence-electron chi connectivity index (χ4n) is 5.09. The van der Waals surface area contributed by atoms with Gasteiger partial charge in [0.1, 0.15) is 12.6 Å². The van der Waals surface area contributed by atoms with Crippen LogP contribution >= 0.6 is 0 Å². The van der Waals surface area contributed by atoms with Crippen LogP contribution in [0.25, 0.3) is 0 Å². The highest BCUT2D eigenvalue weighted by Crippen LogP contribution is 2.26. The maximum Gasteiger partial charge on any atom is 0.264 e. The van der Waals surface area contributed by atoms with Gasteiger partial charge >= 0.3 is 0 Å². The van der Waals surface area contributed by atoms with Gasteiger partial charge < -0.3 is 10.2 Å². The molecule has 40 heavy (non-hydrogen) atoms. The molecule has 4 rings (SSSR count). The first-order valence-corrected chi connectivity index (χ1v) is 15.4. The Morgan fingerprint density at radius 3 is 2.15 bits per heavy atom. The zero-order valence-corrected chi connectivity index (χ0v) is 24.4. The van der Waals surface area contributed by atoms with Gasteiger partial charge in [-0.1, -0.05) is 67.4 Å². The summed E-state index contributed by atoms with van der Waals surface area (Å²) in [5, 5.41) is 3.10. The van der Waals surface area contributed by atoms with Crippen molar-refractivity contribution in [1.82, 2.24) is 10.2 Å². The Labute approximate surface area is 238 Å². The van der Waals surface area contributed by atoms with Crippen molar-refractivity contribution in [3.05, 3.63) is 95.6 Å². The Balaban J connectivity index is 1.65. The van der Waals surface area contributed by atoms with Crippen LogP contribution in [-0.4, -0.2) is 50.3 Å². The molecule has 2 amide bonds. The summed E-state index contributed by atoms with van der Waals surface area (Å²) >= 11 is 0. The normalized spacial score (nSPS) is 14.5. The molecular weight excluding hydrogens is 522 g/mol. The van der Waals surface area contributed by atoms with Crippen LogP contribution in [0.5, 0.6) is 0 Å². The lowest BCUT2D eigenvalue weighted by Crippen LogP contribution is -2.53. The summed E-state index contributed by atoms with van der Waals surface area (Å²) < 4.78 is 28.9. The number of rotatable bonds is 11. The van der Waals surface area contributed by atoms with Crippen LogP contribution in [-0.2, 0) is 26.0 Å². The monoisotopic (exact) mass is 561 g/mol. The second-order valence-electron chi connectivity index (χ2n) is 10.6. The Bertz CT molecular complexity index is 1400. The quantitative estimate of drug-likeness (QED) is 0.356. The van der Waals surface area contributed by atoms with Gasteiger partial charge in [-0.3, -0.25) is 13.9 Å². The highest BCUT2D eigenvalue weighted by Gasteiger charge is 2.33. The van der Waals surface area contributed by atoms with Crippen molar-refractivity contribution in [1.29, 1.82) is 0 Å². The van der Waals surface area contributed by atoms with Gasteiger partial charge in [-0.15, -0.1) is 0 Å². The summed E-state index contributed by atoms with van der Waals surface area (Å²) in [6.07, 6.45) is 4.58. The van der Waals surface area contributed by atoms with E-state index in [1.165, 1.54) is 17.0 Å². The van der Waals surface area contributed by atoms with Crippen LogP contribution in [0.1, 0.15) is 49.3 Å². The largest absolute Gasteiger partial charge is 0.352 e. The SMILES string of the molecule is Cc1ccc(N(CC(=O)N(CCc2ccccc2)[C@H](C)C(=O)NC2CCCC2)S(=O)(=O)c2ccccc2)cc1C. The van der Waals surface area contributed by atoms with Gasteiger partial charge in [0, 0.05) is 12.6 Å². The predicted octanol–water partition coefficient (Wildman–Crippen LogP) is 5.02. The molecule has 0 bridgehead atoms. The number of nitrogens with zero attached hydrogens (tertiary/aromatic N) is 2. The standard InChI is InChI=1S/C32H39N3O4S/c1-24-18-19-29(22-25(24)2)35(40(38,39)30-16-8-5-9-17-30)23-31(36)34(21-20-27-12-6-4-7-13-27)26(3)32(37)33-28-14-10-11-15-28/h4-9,12-13,16-19,22,26,28H,10-11,14-15,20-21,23H2,1-3H3,(H,33,37)/t26-/m1/s1. The van der Waals surface area contributed by atoms with E-state index in [2.05, 4.69) is 5.32 Å². The molecule has 0 aromatic heterocycles. The van der Waals surface area contributed by atoms with E-state index in [-0.39, 0.29) is 23.4 Å². The number of hydrogen-bond acceptors (Lipinski definition) is 4. The van der Waals surface area contributed by atoms with Crippen molar-refractivity contribution in [2.75, 3.05) is 17.4 Å². The van der Waals surface area contributed by atoms with Crippen LogP contribution in [0.15, 0.2) is 83.8 Å². The van der Waals surface area contributed by atoms with E-state index in [1.807, 2.05) is 50.2 Å². The summed E-state index contributed by atoms with van der Waals surface area (Å²) in [5.74, 6) is -0.639. The summed E-state index contributed by atoms with van der Waals surface area (Å²) in [6, 6.07) is 22.6. The minimum Gasteiger partial charge on any atom is -0.352 e. The molecule has 0 unspecified atom stereocenters. The highest BCUT2D eigenvalue weighted by atomic mass is 32.2. The van der Waals surface area contributed by atoms with Crippen LogP contribution in [0.3, 0.4) is 0 Å². The topological polar surface area (TPSA) is 86.8 Å². The second kappa shape index (κ2) is 13.1. The maximum absolute atomic E-state index is 14.0. The maximum atomic E-state index is 14.0. The van der Waals surface area contributed by atoms with E-state index >= 15 is 0 Å². The summed E-state index contributed by atoms with van der Waals surface area (Å²) in [5.41, 5.74) is 3.38. The summed E-state index contributed by atoms with van der Waals surface area (Å²) in [7, 11) is -4.06. The zero-order chi connectivity index (χ0) is 28.7. The van der Waals surface area contributed by atoms with Crippen molar-refractivity contribution in [2.45, 2.75) is 69.9 Å². The lowest BCUT2D eigenvalue weighted by Gasteiger charge is -2.32. The van der Waals surface area contributed by atoms with E-state index in [0.29, 0.717) is 12.1 Å². The third-order valence-corrected chi connectivity index (χ3v) is 9.53. The van der Waals surface area contributed by atoms with Gasteiger partial charge in [0.05, 0.1) is 10.6 Å². The number of carbonyl (C=O) groups excluding carboxylic acids is 2. The third kappa shape index (κ3) is 7.10. The molecule has 3 aromatic carbocycles. The van der Waals surface area contributed by atoms with E-state index in [0.717, 1.165) is 46.7 Å². The Morgan fingerprint density at radius 2 is 1.52 bits per heavy atom. The Hall–Kier alpha value is -3.65. The van der Waals surface area contributed by atoms with Crippen molar-refractivity contribution in [3.8, 4) is 0 Å². The van der Waals surface area contributed by atoms with Gasteiger partial charge in [-0.2, -0.15) is 0 Å². The van der Waals surface area contributed by atoms with E-state index in [9.17, 15) is 18.0 Å². The van der Waals surface area contributed by atoms with Crippen LogP contribution in [0.4, 0.5) is 5.69 Å². The first-order chi connectivity index (χ1) is 19.2. The van der Waals surface area contributed by atoms with Crippen molar-refractivity contribution >= 4 is 27.5 Å². The molecule has 1 N–H and O–H groups in total. The van der Waals surface area contributed by atoms with Gasteiger partial charge in [0.15, 0.2) is 0 Å². The molecule has 8 heteroatoms. The minimum atomic E-state index is -4.06. The molecule has 0 aliphatic heterocycles. The highest BCUT2D eigenvalue weighted by molar-refractivity contribution is 7.92. The second-order valence-corrected chi connectivity index (χ2v) is 12.4. The van der Waals surface area contributed by atoms with Crippen LogP contribution in [0, 0.1) is 13.8 Å². The summed E-state index contributed by atoms with van der Waals surface area (Å²) in [4.78, 5) is 28.9. The molecule has 0 heterocycles. The molecule has 1 fully saturated rings. The molecule has 1 aliphatic carbocycles. The summed E-state index contributed by atoms with van der Waals surface area (Å²) in [6.45, 7) is 5.45.